The maximum absolute atomic E-state index is 13.4. The summed E-state index contributed by atoms with van der Waals surface area (Å²) in [6.45, 7) is 2.00. The Bertz CT molecular complexity index is 1430. The third kappa shape index (κ3) is 7.32. The van der Waals surface area contributed by atoms with E-state index in [1.165, 1.54) is 5.01 Å². The fourth-order valence-corrected chi connectivity index (χ4v) is 4.52. The van der Waals surface area contributed by atoms with Gasteiger partial charge in [-0.05, 0) is 53.3 Å². The van der Waals surface area contributed by atoms with Crippen molar-refractivity contribution >= 4 is 29.4 Å². The highest BCUT2D eigenvalue weighted by molar-refractivity contribution is 5.98. The van der Waals surface area contributed by atoms with Crippen molar-refractivity contribution in [2.24, 2.45) is 11.0 Å². The lowest BCUT2D eigenvalue weighted by atomic mass is 9.84. The van der Waals surface area contributed by atoms with Gasteiger partial charge in [-0.15, -0.1) is 5.10 Å². The molecule has 0 aliphatic carbocycles. The van der Waals surface area contributed by atoms with Crippen LogP contribution in [0, 0.1) is 17.2 Å². The fraction of sp³-hybridized carbons (Fsp3) is 0.258. The second-order valence-corrected chi connectivity index (χ2v) is 9.65. The number of benzene rings is 3. The zero-order valence-electron chi connectivity index (χ0n) is 22.1. The summed E-state index contributed by atoms with van der Waals surface area (Å²) in [6, 6.07) is 26.0. The Balaban J connectivity index is 1.50. The standard InChI is InChI=1S/C31H30N4O5/c1-21(16-17-32)29(30(39)33-26-9-5-6-22(18-26)12-15-28(37)38)24-13-10-23(11-14-24)19-35-27(36)20-40-31(34-35)25-7-3-2-4-8-25/h2-11,13-14,18,21,29H,12,15-16,19-20H2,1H3,(H,33,39)(H,37,38). The predicted octanol–water partition coefficient (Wildman–Crippen LogP) is 4.70. The van der Waals surface area contributed by atoms with Crippen molar-refractivity contribution in [1.29, 1.82) is 5.26 Å². The molecule has 0 radical (unpaired) electrons. The summed E-state index contributed by atoms with van der Waals surface area (Å²) >= 11 is 0. The number of carboxylic acids is 1. The molecule has 0 saturated heterocycles. The molecule has 9 heteroatoms. The molecule has 2 amide bonds. The average Bonchev–Trinajstić information content (AvgIpc) is 2.95. The molecule has 4 rings (SSSR count). The van der Waals surface area contributed by atoms with Gasteiger partial charge in [-0.25, -0.2) is 5.01 Å². The highest BCUT2D eigenvalue weighted by atomic mass is 16.5. The average molecular weight is 539 g/mol. The number of ether oxygens (including phenoxy) is 1. The van der Waals surface area contributed by atoms with Crippen LogP contribution in [-0.2, 0) is 32.1 Å². The van der Waals surface area contributed by atoms with Crippen LogP contribution >= 0.6 is 0 Å². The first kappa shape index (κ1) is 28.0. The molecule has 1 aliphatic rings. The first-order valence-electron chi connectivity index (χ1n) is 13.0. The Morgan fingerprint density at radius 2 is 1.82 bits per heavy atom. The summed E-state index contributed by atoms with van der Waals surface area (Å²) in [4.78, 5) is 36.8. The molecule has 0 saturated carbocycles. The smallest absolute Gasteiger partial charge is 0.303 e. The van der Waals surface area contributed by atoms with Crippen molar-refractivity contribution < 1.29 is 24.2 Å². The van der Waals surface area contributed by atoms with Crippen LogP contribution in [0.5, 0.6) is 0 Å². The van der Waals surface area contributed by atoms with E-state index in [0.29, 0.717) is 18.0 Å². The summed E-state index contributed by atoms with van der Waals surface area (Å²) in [5.41, 5.74) is 3.72. The molecule has 0 spiro atoms. The van der Waals surface area contributed by atoms with Crippen LogP contribution in [0.2, 0.25) is 0 Å². The summed E-state index contributed by atoms with van der Waals surface area (Å²) < 4.78 is 5.51. The molecule has 40 heavy (non-hydrogen) atoms. The molecule has 3 aromatic rings. The first-order valence-corrected chi connectivity index (χ1v) is 13.0. The number of hydrogen-bond acceptors (Lipinski definition) is 6. The Morgan fingerprint density at radius 1 is 1.07 bits per heavy atom. The summed E-state index contributed by atoms with van der Waals surface area (Å²) in [5.74, 6) is -1.87. The number of carboxylic acid groups (broad SMARTS) is 1. The summed E-state index contributed by atoms with van der Waals surface area (Å²) in [5, 5.41) is 27.0. The van der Waals surface area contributed by atoms with Gasteiger partial charge < -0.3 is 15.2 Å². The van der Waals surface area contributed by atoms with Gasteiger partial charge >= 0.3 is 5.97 Å². The number of carbonyl (C=O) groups excluding carboxylic acids is 2. The van der Waals surface area contributed by atoms with Crippen LogP contribution < -0.4 is 5.32 Å². The molecule has 9 nitrogen and oxygen atoms in total. The lowest BCUT2D eigenvalue weighted by molar-refractivity contribution is -0.137. The number of nitriles is 1. The number of hydrazone groups is 1. The van der Waals surface area contributed by atoms with Crippen molar-refractivity contribution in [3.8, 4) is 6.07 Å². The lowest BCUT2D eigenvalue weighted by Crippen LogP contribution is -2.36. The van der Waals surface area contributed by atoms with Gasteiger partial charge in [0, 0.05) is 24.1 Å². The molecule has 0 fully saturated rings. The number of amides is 2. The van der Waals surface area contributed by atoms with E-state index in [9.17, 15) is 19.6 Å². The second kappa shape index (κ2) is 13.2. The predicted molar refractivity (Wildman–Crippen MR) is 149 cm³/mol. The highest BCUT2D eigenvalue weighted by Gasteiger charge is 2.28. The number of carbonyl (C=O) groups is 3. The molecule has 1 heterocycles. The van der Waals surface area contributed by atoms with Crippen LogP contribution in [0.15, 0.2) is 84.0 Å². The Labute approximate surface area is 232 Å². The molecule has 204 valence electrons. The van der Waals surface area contributed by atoms with Crippen LogP contribution in [0.25, 0.3) is 0 Å². The second-order valence-electron chi connectivity index (χ2n) is 9.65. The zero-order valence-corrected chi connectivity index (χ0v) is 22.1. The van der Waals surface area contributed by atoms with Gasteiger partial charge in [-0.3, -0.25) is 14.4 Å². The normalized spacial score (nSPS) is 14.3. The zero-order chi connectivity index (χ0) is 28.5. The number of hydrogen-bond donors (Lipinski definition) is 2. The van der Waals surface area contributed by atoms with E-state index in [1.54, 1.807) is 18.2 Å². The van der Waals surface area contributed by atoms with Crippen molar-refractivity contribution in [1.82, 2.24) is 5.01 Å². The SMILES string of the molecule is CC(CC#N)C(C(=O)Nc1cccc(CCC(=O)O)c1)c1ccc(CN2N=C(c3ccccc3)OCC2=O)cc1. The lowest BCUT2D eigenvalue weighted by Gasteiger charge is -2.25. The van der Waals surface area contributed by atoms with E-state index in [1.807, 2.05) is 67.6 Å². The van der Waals surface area contributed by atoms with Crippen LogP contribution in [0.3, 0.4) is 0 Å². The minimum absolute atomic E-state index is 0.000502. The van der Waals surface area contributed by atoms with Crippen molar-refractivity contribution in [3.05, 3.63) is 101 Å². The minimum Gasteiger partial charge on any atom is -0.481 e. The van der Waals surface area contributed by atoms with Crippen molar-refractivity contribution in [2.75, 3.05) is 11.9 Å². The molecule has 2 N–H and O–H groups in total. The third-order valence-electron chi connectivity index (χ3n) is 6.61. The van der Waals surface area contributed by atoms with Gasteiger partial charge in [0.15, 0.2) is 6.61 Å². The van der Waals surface area contributed by atoms with E-state index < -0.39 is 11.9 Å². The summed E-state index contributed by atoms with van der Waals surface area (Å²) in [7, 11) is 0. The Morgan fingerprint density at radius 3 is 2.52 bits per heavy atom. The molecular weight excluding hydrogens is 508 g/mol. The van der Waals surface area contributed by atoms with Crippen LogP contribution in [0.4, 0.5) is 5.69 Å². The fourth-order valence-electron chi connectivity index (χ4n) is 4.52. The quantitative estimate of drug-likeness (QED) is 0.364. The van der Waals surface area contributed by atoms with Crippen LogP contribution in [-0.4, -0.2) is 40.4 Å². The van der Waals surface area contributed by atoms with E-state index in [2.05, 4.69) is 16.5 Å². The minimum atomic E-state index is -0.885. The maximum Gasteiger partial charge on any atom is 0.303 e. The van der Waals surface area contributed by atoms with E-state index in [-0.39, 0.29) is 43.7 Å². The van der Waals surface area contributed by atoms with Gasteiger partial charge in [0.05, 0.1) is 18.5 Å². The van der Waals surface area contributed by atoms with Gasteiger partial charge in [0.25, 0.3) is 5.91 Å². The molecule has 3 aromatic carbocycles. The molecule has 0 aromatic heterocycles. The third-order valence-corrected chi connectivity index (χ3v) is 6.61. The van der Waals surface area contributed by atoms with Gasteiger partial charge in [-0.1, -0.05) is 61.5 Å². The van der Waals surface area contributed by atoms with Crippen molar-refractivity contribution in [3.63, 3.8) is 0 Å². The highest BCUT2D eigenvalue weighted by Crippen LogP contribution is 2.29. The number of rotatable bonds is 11. The summed E-state index contributed by atoms with van der Waals surface area (Å²) in [6.07, 6.45) is 0.551. The number of nitrogens with one attached hydrogen (secondary N) is 1. The number of aryl methyl sites for hydroxylation is 1. The van der Waals surface area contributed by atoms with E-state index in [0.717, 1.165) is 22.3 Å². The largest absolute Gasteiger partial charge is 0.481 e. The first-order chi connectivity index (χ1) is 19.3. The Hall–Kier alpha value is -4.97. The maximum atomic E-state index is 13.4. The topological polar surface area (TPSA) is 132 Å². The monoisotopic (exact) mass is 538 g/mol. The van der Waals surface area contributed by atoms with Gasteiger partial charge in [0.2, 0.25) is 11.8 Å². The van der Waals surface area contributed by atoms with Crippen LogP contribution in [0.1, 0.15) is 47.9 Å². The number of nitrogens with zero attached hydrogens (tertiary/aromatic N) is 3. The molecule has 0 bridgehead atoms. The molecular formula is C31H30N4O5. The van der Waals surface area contributed by atoms with E-state index in [4.69, 9.17) is 9.84 Å². The molecule has 2 atom stereocenters. The molecule has 2 unspecified atom stereocenters. The Kier molecular flexibility index (Phi) is 9.26. The molecule has 1 aliphatic heterocycles. The van der Waals surface area contributed by atoms with E-state index >= 15 is 0 Å². The van der Waals surface area contributed by atoms with Gasteiger partial charge in [0.1, 0.15) is 0 Å². The van der Waals surface area contributed by atoms with Crippen molar-refractivity contribution in [2.45, 2.75) is 38.6 Å². The number of aliphatic carboxylic acids is 1. The number of anilines is 1. The van der Waals surface area contributed by atoms with Gasteiger partial charge in [-0.2, -0.15) is 5.26 Å².